The topological polar surface area (TPSA) is 79.2 Å². The number of amidine groups is 1. The van der Waals surface area contributed by atoms with E-state index >= 15 is 0 Å². The molecule has 0 radical (unpaired) electrons. The molecular formula is C26H20ClIN2O4S. The normalized spacial score (nSPS) is 15.7. The van der Waals surface area contributed by atoms with E-state index in [9.17, 15) is 14.7 Å². The highest BCUT2D eigenvalue weighted by Crippen LogP contribution is 2.35. The lowest BCUT2D eigenvalue weighted by atomic mass is 10.2. The Balaban J connectivity index is 1.52. The van der Waals surface area contributed by atoms with Crippen molar-refractivity contribution in [2.75, 3.05) is 6.54 Å². The van der Waals surface area contributed by atoms with Crippen molar-refractivity contribution < 1.29 is 19.4 Å². The molecule has 1 saturated heterocycles. The predicted molar refractivity (Wildman–Crippen MR) is 148 cm³/mol. The predicted octanol–water partition coefficient (Wildman–Crippen LogP) is 6.85. The number of halogens is 2. The first-order valence-corrected chi connectivity index (χ1v) is 12.9. The average molecular weight is 619 g/mol. The molecule has 178 valence electrons. The minimum Gasteiger partial charge on any atom is -0.487 e. The van der Waals surface area contributed by atoms with E-state index in [1.165, 1.54) is 23.9 Å². The second kappa shape index (κ2) is 11.3. The second-order valence-corrected chi connectivity index (χ2v) is 10.2. The highest BCUT2D eigenvalue weighted by atomic mass is 127. The van der Waals surface area contributed by atoms with Crippen molar-refractivity contribution in [3.63, 3.8) is 0 Å². The van der Waals surface area contributed by atoms with Crippen LogP contribution in [-0.4, -0.2) is 33.6 Å². The van der Waals surface area contributed by atoms with Gasteiger partial charge in [-0.05, 0) is 101 Å². The van der Waals surface area contributed by atoms with Crippen LogP contribution in [0.1, 0.15) is 28.4 Å². The second-order valence-electron chi connectivity index (χ2n) is 7.51. The molecule has 0 aliphatic carbocycles. The smallest absolute Gasteiger partial charge is 0.335 e. The van der Waals surface area contributed by atoms with E-state index in [1.807, 2.05) is 37.3 Å². The van der Waals surface area contributed by atoms with Crippen LogP contribution < -0.4 is 4.74 Å². The van der Waals surface area contributed by atoms with E-state index in [4.69, 9.17) is 16.3 Å². The van der Waals surface area contributed by atoms with Gasteiger partial charge < -0.3 is 9.84 Å². The molecule has 1 aliphatic rings. The number of carbonyl (C=O) groups is 2. The van der Waals surface area contributed by atoms with Crippen molar-refractivity contribution in [2.24, 2.45) is 4.99 Å². The number of ether oxygens (including phenoxy) is 1. The Bertz CT molecular complexity index is 1340. The van der Waals surface area contributed by atoms with E-state index in [0.29, 0.717) is 39.7 Å². The number of amides is 1. The Morgan fingerprint density at radius 2 is 1.94 bits per heavy atom. The summed E-state index contributed by atoms with van der Waals surface area (Å²) in [6, 6.07) is 19.8. The summed E-state index contributed by atoms with van der Waals surface area (Å²) in [5, 5.41) is 10.2. The molecule has 3 aromatic rings. The summed E-state index contributed by atoms with van der Waals surface area (Å²) in [6.07, 6.45) is 1.76. The van der Waals surface area contributed by atoms with Crippen molar-refractivity contribution in [1.82, 2.24) is 4.90 Å². The molecule has 0 aromatic heterocycles. The van der Waals surface area contributed by atoms with E-state index in [0.717, 1.165) is 14.7 Å². The SMILES string of the molecule is CCN1C(=O)C(=Cc2ccc(OCc3ccc(I)cc3)c(Cl)c2)SC1=Nc1cccc(C(=O)O)c1. The molecular weight excluding hydrogens is 599 g/mol. The highest BCUT2D eigenvalue weighted by Gasteiger charge is 2.32. The zero-order valence-electron chi connectivity index (χ0n) is 18.6. The number of likely N-dealkylation sites (N-methyl/N-ethyl adjacent to an activating group) is 1. The monoisotopic (exact) mass is 618 g/mol. The number of rotatable bonds is 7. The van der Waals surface area contributed by atoms with Gasteiger partial charge in [-0.25, -0.2) is 9.79 Å². The maximum atomic E-state index is 13.0. The first-order chi connectivity index (χ1) is 16.8. The molecule has 1 fully saturated rings. The van der Waals surface area contributed by atoms with Crippen LogP contribution in [0.25, 0.3) is 6.08 Å². The van der Waals surface area contributed by atoms with Crippen LogP contribution in [0, 0.1) is 3.57 Å². The number of hydrogen-bond donors (Lipinski definition) is 1. The van der Waals surface area contributed by atoms with E-state index in [1.54, 1.807) is 35.2 Å². The fourth-order valence-electron chi connectivity index (χ4n) is 3.31. The Morgan fingerprint density at radius 3 is 2.63 bits per heavy atom. The standard InChI is InChI=1S/C26H20ClIN2O4S/c1-2-30-24(31)23(35-26(30)29-20-5-3-4-18(14-20)25(32)33)13-17-8-11-22(21(27)12-17)34-15-16-6-9-19(28)10-7-16/h3-14H,2,15H2,1H3,(H,32,33). The van der Waals surface area contributed by atoms with Crippen LogP contribution in [0.2, 0.25) is 5.02 Å². The van der Waals surface area contributed by atoms with E-state index in [2.05, 4.69) is 27.6 Å². The lowest BCUT2D eigenvalue weighted by Crippen LogP contribution is -2.28. The largest absolute Gasteiger partial charge is 0.487 e. The summed E-state index contributed by atoms with van der Waals surface area (Å²) in [4.78, 5) is 30.8. The molecule has 1 N–H and O–H groups in total. The lowest BCUT2D eigenvalue weighted by molar-refractivity contribution is -0.122. The third-order valence-corrected chi connectivity index (χ3v) is 7.10. The molecule has 0 bridgehead atoms. The van der Waals surface area contributed by atoms with Gasteiger partial charge in [0.25, 0.3) is 5.91 Å². The number of benzene rings is 3. The minimum absolute atomic E-state index is 0.138. The molecule has 1 heterocycles. The number of carboxylic acid groups (broad SMARTS) is 1. The van der Waals surface area contributed by atoms with Gasteiger partial charge in [-0.1, -0.05) is 35.9 Å². The summed E-state index contributed by atoms with van der Waals surface area (Å²) < 4.78 is 7.01. The first-order valence-electron chi connectivity index (χ1n) is 10.6. The zero-order valence-corrected chi connectivity index (χ0v) is 22.3. The molecule has 0 spiro atoms. The lowest BCUT2D eigenvalue weighted by Gasteiger charge is -2.12. The van der Waals surface area contributed by atoms with Crippen LogP contribution in [0.5, 0.6) is 5.75 Å². The summed E-state index contributed by atoms with van der Waals surface area (Å²) in [6.45, 7) is 2.70. The quantitative estimate of drug-likeness (QED) is 0.232. The Morgan fingerprint density at radius 1 is 1.17 bits per heavy atom. The number of carboxylic acids is 1. The van der Waals surface area contributed by atoms with Gasteiger partial charge in [0.2, 0.25) is 0 Å². The van der Waals surface area contributed by atoms with Gasteiger partial charge in [-0.15, -0.1) is 0 Å². The van der Waals surface area contributed by atoms with Crippen molar-refractivity contribution in [3.05, 3.63) is 96.9 Å². The van der Waals surface area contributed by atoms with Gasteiger partial charge >= 0.3 is 5.97 Å². The van der Waals surface area contributed by atoms with Gasteiger partial charge in [-0.2, -0.15) is 0 Å². The van der Waals surface area contributed by atoms with Gasteiger partial charge in [0.15, 0.2) is 5.17 Å². The van der Waals surface area contributed by atoms with E-state index < -0.39 is 5.97 Å². The van der Waals surface area contributed by atoms with Gasteiger partial charge in [0, 0.05) is 10.1 Å². The van der Waals surface area contributed by atoms with E-state index in [-0.39, 0.29) is 11.5 Å². The van der Waals surface area contributed by atoms with Crippen LogP contribution >= 0.6 is 46.0 Å². The number of nitrogens with zero attached hydrogens (tertiary/aromatic N) is 2. The van der Waals surface area contributed by atoms with Crippen molar-refractivity contribution in [1.29, 1.82) is 0 Å². The molecule has 35 heavy (non-hydrogen) atoms. The fourth-order valence-corrected chi connectivity index (χ4v) is 4.97. The molecule has 1 aliphatic heterocycles. The number of thioether (sulfide) groups is 1. The maximum absolute atomic E-state index is 13.0. The summed E-state index contributed by atoms with van der Waals surface area (Å²) in [5.74, 6) is -0.632. The summed E-state index contributed by atoms with van der Waals surface area (Å²) in [7, 11) is 0. The number of aromatic carboxylic acids is 1. The third-order valence-electron chi connectivity index (χ3n) is 5.08. The highest BCUT2D eigenvalue weighted by molar-refractivity contribution is 14.1. The Kier molecular flexibility index (Phi) is 8.15. The van der Waals surface area contributed by atoms with Gasteiger partial charge in [0.1, 0.15) is 12.4 Å². The Hall–Kier alpha value is -2.82. The molecule has 3 aromatic carbocycles. The van der Waals surface area contributed by atoms with Crippen LogP contribution in [0.15, 0.2) is 76.6 Å². The van der Waals surface area contributed by atoms with Crippen LogP contribution in [0.4, 0.5) is 5.69 Å². The third kappa shape index (κ3) is 6.25. The van der Waals surface area contributed by atoms with Crippen molar-refractivity contribution in [3.8, 4) is 5.75 Å². The van der Waals surface area contributed by atoms with Crippen molar-refractivity contribution in [2.45, 2.75) is 13.5 Å². The van der Waals surface area contributed by atoms with Crippen LogP contribution in [-0.2, 0) is 11.4 Å². The summed E-state index contributed by atoms with van der Waals surface area (Å²) in [5.41, 5.74) is 2.41. The minimum atomic E-state index is -1.03. The molecule has 6 nitrogen and oxygen atoms in total. The molecule has 0 atom stereocenters. The molecule has 0 saturated carbocycles. The number of aliphatic imine (C=N–C) groups is 1. The van der Waals surface area contributed by atoms with Gasteiger partial charge in [-0.3, -0.25) is 9.69 Å². The molecule has 0 unspecified atom stereocenters. The first kappa shape index (κ1) is 25.3. The zero-order chi connectivity index (χ0) is 24.9. The van der Waals surface area contributed by atoms with Crippen molar-refractivity contribution >= 4 is 74.8 Å². The number of carbonyl (C=O) groups excluding carboxylic acids is 1. The number of hydrogen-bond acceptors (Lipinski definition) is 5. The molecule has 9 heteroatoms. The van der Waals surface area contributed by atoms with Gasteiger partial charge in [0.05, 0.1) is 21.2 Å². The molecule has 4 rings (SSSR count). The summed E-state index contributed by atoms with van der Waals surface area (Å²) >= 11 is 9.94. The maximum Gasteiger partial charge on any atom is 0.335 e. The average Bonchev–Trinajstić information content (AvgIpc) is 3.13. The Labute approximate surface area is 225 Å². The molecule has 1 amide bonds. The van der Waals surface area contributed by atoms with Crippen LogP contribution in [0.3, 0.4) is 0 Å². The fraction of sp³-hybridized carbons (Fsp3) is 0.115.